The molecule has 0 bridgehead atoms. The summed E-state index contributed by atoms with van der Waals surface area (Å²) in [6, 6.07) is 9.23. The van der Waals surface area contributed by atoms with E-state index in [1.54, 1.807) is 0 Å². The van der Waals surface area contributed by atoms with Crippen molar-refractivity contribution in [2.45, 2.75) is 31.9 Å². The van der Waals surface area contributed by atoms with Crippen molar-refractivity contribution in [2.24, 2.45) is 0 Å². The topological polar surface area (TPSA) is 26.7 Å². The lowest BCUT2D eigenvalue weighted by Gasteiger charge is -2.36. The molecule has 0 spiro atoms. The number of aliphatic hydroxyl groups excluding tert-OH is 1. The van der Waals surface area contributed by atoms with Crippen LogP contribution in [0.3, 0.4) is 0 Å². The molecule has 1 atom stereocenters. The van der Waals surface area contributed by atoms with Gasteiger partial charge in [-0.25, -0.2) is 0 Å². The van der Waals surface area contributed by atoms with Crippen LogP contribution >= 0.6 is 0 Å². The number of aliphatic hydroxyl groups is 1. The van der Waals surface area contributed by atoms with Crippen LogP contribution in [0.15, 0.2) is 24.3 Å². The second kappa shape index (κ2) is 4.90. The van der Waals surface area contributed by atoms with Crippen LogP contribution in [0.4, 0.5) is 5.69 Å². The van der Waals surface area contributed by atoms with Gasteiger partial charge in [0.1, 0.15) is 0 Å². The zero-order valence-corrected chi connectivity index (χ0v) is 11.0. The van der Waals surface area contributed by atoms with E-state index < -0.39 is 0 Å². The summed E-state index contributed by atoms with van der Waals surface area (Å²) >= 11 is 0. The van der Waals surface area contributed by atoms with E-state index in [-0.39, 0.29) is 6.10 Å². The van der Waals surface area contributed by atoms with Crippen molar-refractivity contribution in [3.8, 4) is 0 Å². The number of nitrogens with zero attached hydrogens (tertiary/aromatic N) is 2. The number of benzene rings is 1. The largest absolute Gasteiger partial charge is 0.389 e. The van der Waals surface area contributed by atoms with Crippen molar-refractivity contribution in [3.63, 3.8) is 0 Å². The van der Waals surface area contributed by atoms with Gasteiger partial charge in [0, 0.05) is 37.9 Å². The number of hydrogen-bond donors (Lipinski definition) is 1. The van der Waals surface area contributed by atoms with E-state index in [1.165, 1.54) is 31.6 Å². The highest BCUT2D eigenvalue weighted by atomic mass is 16.3. The van der Waals surface area contributed by atoms with Crippen LogP contribution in [0.25, 0.3) is 0 Å². The Bertz CT molecular complexity index is 389. The average Bonchev–Trinajstić information content (AvgIpc) is 3.23. The van der Waals surface area contributed by atoms with Crippen LogP contribution in [-0.2, 0) is 0 Å². The number of rotatable bonds is 3. The van der Waals surface area contributed by atoms with Crippen LogP contribution in [0, 0.1) is 0 Å². The lowest BCUT2D eigenvalue weighted by Crippen LogP contribution is -2.47. The van der Waals surface area contributed by atoms with Crippen LogP contribution in [-0.4, -0.2) is 42.2 Å². The third-order valence-corrected chi connectivity index (χ3v) is 4.12. The molecule has 1 heterocycles. The van der Waals surface area contributed by atoms with Crippen LogP contribution in [0.2, 0.25) is 0 Å². The molecule has 3 nitrogen and oxygen atoms in total. The molecule has 2 fully saturated rings. The van der Waals surface area contributed by atoms with Gasteiger partial charge in [-0.15, -0.1) is 0 Å². The summed E-state index contributed by atoms with van der Waals surface area (Å²) < 4.78 is 0. The molecule has 3 rings (SSSR count). The summed E-state index contributed by atoms with van der Waals surface area (Å²) in [4.78, 5) is 5.07. The van der Waals surface area contributed by atoms with Gasteiger partial charge in [0.05, 0.1) is 6.10 Å². The van der Waals surface area contributed by atoms with Gasteiger partial charge in [0.2, 0.25) is 0 Å². The van der Waals surface area contributed by atoms with E-state index >= 15 is 0 Å². The van der Waals surface area contributed by atoms with E-state index in [4.69, 9.17) is 0 Å². The Balaban J connectivity index is 1.61. The van der Waals surface area contributed by atoms with Gasteiger partial charge in [0.15, 0.2) is 0 Å². The van der Waals surface area contributed by atoms with E-state index in [9.17, 15) is 5.11 Å². The van der Waals surface area contributed by atoms with Gasteiger partial charge in [-0.3, -0.25) is 4.90 Å². The van der Waals surface area contributed by atoms with Crippen LogP contribution < -0.4 is 4.90 Å². The van der Waals surface area contributed by atoms with Gasteiger partial charge in [-0.05, 0) is 37.5 Å². The Hall–Kier alpha value is -1.06. The van der Waals surface area contributed by atoms with E-state index in [2.05, 4.69) is 21.9 Å². The summed E-state index contributed by atoms with van der Waals surface area (Å²) in [7, 11) is 0. The molecule has 98 valence electrons. The quantitative estimate of drug-likeness (QED) is 0.884. The van der Waals surface area contributed by atoms with E-state index in [1.807, 2.05) is 19.1 Å². The highest BCUT2D eigenvalue weighted by Crippen LogP contribution is 2.28. The first-order valence-corrected chi connectivity index (χ1v) is 7.01. The first-order chi connectivity index (χ1) is 8.74. The lowest BCUT2D eigenvalue weighted by atomic mass is 10.1. The highest BCUT2D eigenvalue weighted by molar-refractivity contribution is 5.48. The zero-order valence-electron chi connectivity index (χ0n) is 11.0. The lowest BCUT2D eigenvalue weighted by molar-refractivity contribution is 0.199. The molecule has 1 saturated heterocycles. The Morgan fingerprint density at radius 1 is 1.06 bits per heavy atom. The average molecular weight is 246 g/mol. The van der Waals surface area contributed by atoms with Crippen molar-refractivity contribution in [2.75, 3.05) is 31.1 Å². The minimum atomic E-state index is -0.370. The molecule has 0 aromatic heterocycles. The molecular formula is C15H22N2O. The molecule has 1 aliphatic carbocycles. The smallest absolute Gasteiger partial charge is 0.0761 e. The number of piperazine rings is 1. The van der Waals surface area contributed by atoms with Crippen LogP contribution in [0.1, 0.15) is 31.4 Å². The Morgan fingerprint density at radius 3 is 2.17 bits per heavy atom. The third kappa shape index (κ3) is 2.52. The number of anilines is 1. The zero-order chi connectivity index (χ0) is 12.5. The van der Waals surface area contributed by atoms with Crippen LogP contribution in [0.5, 0.6) is 0 Å². The van der Waals surface area contributed by atoms with Crippen molar-refractivity contribution in [1.29, 1.82) is 0 Å². The first kappa shape index (κ1) is 12.0. The fourth-order valence-electron chi connectivity index (χ4n) is 2.75. The molecule has 1 aromatic rings. The predicted octanol–water partition coefficient (Wildman–Crippen LogP) is 2.02. The highest BCUT2D eigenvalue weighted by Gasteiger charge is 2.31. The fraction of sp³-hybridized carbons (Fsp3) is 0.600. The molecule has 1 N–H and O–H groups in total. The summed E-state index contributed by atoms with van der Waals surface area (Å²) in [5.74, 6) is 0. The fourth-order valence-corrected chi connectivity index (χ4v) is 2.75. The number of hydrogen-bond acceptors (Lipinski definition) is 3. The van der Waals surface area contributed by atoms with E-state index in [0.717, 1.165) is 24.7 Å². The summed E-state index contributed by atoms with van der Waals surface area (Å²) in [5, 5.41) is 9.51. The molecule has 2 aliphatic rings. The monoisotopic (exact) mass is 246 g/mol. The Labute approximate surface area is 109 Å². The molecule has 1 aromatic carbocycles. The maximum Gasteiger partial charge on any atom is 0.0761 e. The molecule has 18 heavy (non-hydrogen) atoms. The molecule has 0 radical (unpaired) electrons. The molecule has 1 aliphatic heterocycles. The second-order valence-corrected chi connectivity index (χ2v) is 5.52. The minimum Gasteiger partial charge on any atom is -0.389 e. The summed E-state index contributed by atoms with van der Waals surface area (Å²) in [5.41, 5.74) is 2.28. The second-order valence-electron chi connectivity index (χ2n) is 5.52. The predicted molar refractivity (Wildman–Crippen MR) is 73.9 cm³/mol. The molecule has 0 unspecified atom stereocenters. The van der Waals surface area contributed by atoms with Crippen molar-refractivity contribution in [3.05, 3.63) is 29.8 Å². The van der Waals surface area contributed by atoms with Gasteiger partial charge in [-0.1, -0.05) is 12.1 Å². The molecule has 3 heteroatoms. The Morgan fingerprint density at radius 2 is 1.67 bits per heavy atom. The summed E-state index contributed by atoms with van der Waals surface area (Å²) in [6.45, 7) is 6.46. The van der Waals surface area contributed by atoms with Gasteiger partial charge < -0.3 is 10.0 Å². The van der Waals surface area contributed by atoms with Crippen molar-refractivity contribution < 1.29 is 5.11 Å². The van der Waals surface area contributed by atoms with Gasteiger partial charge in [0.25, 0.3) is 0 Å². The third-order valence-electron chi connectivity index (χ3n) is 4.12. The SMILES string of the molecule is C[C@H](O)c1ccc(N2CCN(C3CC3)CC2)cc1. The maximum atomic E-state index is 9.51. The molecule has 1 saturated carbocycles. The first-order valence-electron chi connectivity index (χ1n) is 7.01. The van der Waals surface area contributed by atoms with Crippen molar-refractivity contribution in [1.82, 2.24) is 4.90 Å². The standard InChI is InChI=1S/C15H22N2O/c1-12(18)13-2-4-14(5-3-13)16-8-10-17(11-9-16)15-6-7-15/h2-5,12,15,18H,6-11H2,1H3/t12-/m0/s1. The molecular weight excluding hydrogens is 224 g/mol. The van der Waals surface area contributed by atoms with Crippen molar-refractivity contribution >= 4 is 5.69 Å². The minimum absolute atomic E-state index is 0.370. The van der Waals surface area contributed by atoms with Gasteiger partial charge >= 0.3 is 0 Å². The normalized spacial score (nSPS) is 23.1. The molecule has 0 amide bonds. The maximum absolute atomic E-state index is 9.51. The summed E-state index contributed by atoms with van der Waals surface area (Å²) in [6.07, 6.45) is 2.44. The van der Waals surface area contributed by atoms with Gasteiger partial charge in [-0.2, -0.15) is 0 Å². The Kier molecular flexibility index (Phi) is 3.27. The van der Waals surface area contributed by atoms with E-state index in [0.29, 0.717) is 0 Å².